The Kier molecular flexibility index (Phi) is 4.09. The van der Waals surface area contributed by atoms with Crippen LogP contribution in [0.2, 0.25) is 0 Å². The van der Waals surface area contributed by atoms with Crippen LogP contribution in [0.5, 0.6) is 11.5 Å². The Balaban J connectivity index is 1.85. The molecule has 26 heavy (non-hydrogen) atoms. The van der Waals surface area contributed by atoms with Gasteiger partial charge in [-0.2, -0.15) is 0 Å². The molecule has 4 nitrogen and oxygen atoms in total. The summed E-state index contributed by atoms with van der Waals surface area (Å²) in [5.74, 6) is 1.43. The first-order valence-corrected chi connectivity index (χ1v) is 8.46. The molecule has 0 unspecified atom stereocenters. The maximum atomic E-state index is 5.44. The summed E-state index contributed by atoms with van der Waals surface area (Å²) in [6.07, 6.45) is 3.89. The maximum absolute atomic E-state index is 5.44. The van der Waals surface area contributed by atoms with Crippen molar-refractivity contribution in [2.75, 3.05) is 14.2 Å². The zero-order valence-electron chi connectivity index (χ0n) is 15.0. The molecule has 0 atom stereocenters. The van der Waals surface area contributed by atoms with Gasteiger partial charge in [-0.1, -0.05) is 35.9 Å². The molecule has 0 bridgehead atoms. The van der Waals surface area contributed by atoms with Crippen LogP contribution in [0.3, 0.4) is 0 Å². The molecule has 2 aromatic carbocycles. The average Bonchev–Trinajstić information content (AvgIpc) is 3.10. The van der Waals surface area contributed by atoms with Gasteiger partial charge in [0.1, 0.15) is 5.65 Å². The highest BCUT2D eigenvalue weighted by Crippen LogP contribution is 2.36. The van der Waals surface area contributed by atoms with E-state index in [2.05, 4.69) is 47.2 Å². The van der Waals surface area contributed by atoms with Crippen LogP contribution in [0.1, 0.15) is 5.56 Å². The molecule has 4 heteroatoms. The first-order chi connectivity index (χ1) is 12.7. The highest BCUT2D eigenvalue weighted by atomic mass is 16.5. The van der Waals surface area contributed by atoms with Crippen molar-refractivity contribution in [3.63, 3.8) is 0 Å². The van der Waals surface area contributed by atoms with Gasteiger partial charge in [0.15, 0.2) is 11.5 Å². The van der Waals surface area contributed by atoms with Crippen molar-refractivity contribution in [2.45, 2.75) is 6.92 Å². The summed E-state index contributed by atoms with van der Waals surface area (Å²) in [5, 5.41) is 1.08. The highest BCUT2D eigenvalue weighted by molar-refractivity contribution is 5.96. The quantitative estimate of drug-likeness (QED) is 0.552. The van der Waals surface area contributed by atoms with E-state index in [0.29, 0.717) is 5.75 Å². The Labute approximate surface area is 152 Å². The molecule has 130 valence electrons. The largest absolute Gasteiger partial charge is 0.493 e. The van der Waals surface area contributed by atoms with Gasteiger partial charge in [-0.25, -0.2) is 4.98 Å². The van der Waals surface area contributed by atoms with E-state index < -0.39 is 0 Å². The summed E-state index contributed by atoms with van der Waals surface area (Å²) in [4.78, 5) is 7.86. The second-order valence-corrected chi connectivity index (χ2v) is 6.26. The number of fused-ring (bicyclic) bond motifs is 1. The monoisotopic (exact) mass is 344 g/mol. The molecule has 0 aliphatic rings. The topological polar surface area (TPSA) is 47.1 Å². The van der Waals surface area contributed by atoms with E-state index >= 15 is 0 Å². The number of aromatic amines is 1. The molecule has 0 saturated carbocycles. The molecule has 0 amide bonds. The fourth-order valence-electron chi connectivity index (χ4n) is 3.23. The lowest BCUT2D eigenvalue weighted by molar-refractivity contribution is 0.355. The van der Waals surface area contributed by atoms with Crippen LogP contribution in [0.25, 0.3) is 33.3 Å². The SMILES string of the molecule is COc1ccc(-c2c[nH]c3ncc(-c4cccc(C)c4)cc23)cc1OC. The number of ether oxygens (including phenoxy) is 2. The molecule has 0 aliphatic heterocycles. The van der Waals surface area contributed by atoms with Crippen LogP contribution in [-0.4, -0.2) is 24.2 Å². The standard InChI is InChI=1S/C22H20N2O2/c1-14-5-4-6-15(9-14)17-10-18-19(13-24-22(18)23-12-17)16-7-8-20(25-2)21(11-16)26-3/h4-13H,1-3H3,(H,23,24). The van der Waals surface area contributed by atoms with E-state index in [0.717, 1.165) is 33.5 Å². The Hall–Kier alpha value is -3.27. The number of hydrogen-bond donors (Lipinski definition) is 1. The number of nitrogens with zero attached hydrogens (tertiary/aromatic N) is 1. The molecule has 4 rings (SSSR count). The van der Waals surface area contributed by atoms with Crippen molar-refractivity contribution in [3.8, 4) is 33.8 Å². The zero-order valence-corrected chi connectivity index (χ0v) is 15.0. The number of H-pyrrole nitrogens is 1. The second kappa shape index (κ2) is 6.56. The zero-order chi connectivity index (χ0) is 18.1. The van der Waals surface area contributed by atoms with Crippen LogP contribution >= 0.6 is 0 Å². The smallest absolute Gasteiger partial charge is 0.161 e. The van der Waals surface area contributed by atoms with E-state index in [4.69, 9.17) is 9.47 Å². The van der Waals surface area contributed by atoms with Gasteiger partial charge in [0.25, 0.3) is 0 Å². The van der Waals surface area contributed by atoms with Crippen molar-refractivity contribution in [1.29, 1.82) is 0 Å². The number of aromatic nitrogens is 2. The van der Waals surface area contributed by atoms with E-state index in [1.54, 1.807) is 14.2 Å². The van der Waals surface area contributed by atoms with E-state index in [1.807, 2.05) is 30.6 Å². The predicted molar refractivity (Wildman–Crippen MR) is 105 cm³/mol. The summed E-state index contributed by atoms with van der Waals surface area (Å²) < 4.78 is 10.8. The van der Waals surface area contributed by atoms with Gasteiger partial charge in [0, 0.05) is 28.9 Å². The molecule has 2 aromatic heterocycles. The van der Waals surface area contributed by atoms with Gasteiger partial charge in [-0.3, -0.25) is 0 Å². The van der Waals surface area contributed by atoms with Crippen molar-refractivity contribution in [3.05, 3.63) is 66.5 Å². The van der Waals surface area contributed by atoms with Crippen LogP contribution < -0.4 is 9.47 Å². The Bertz CT molecular complexity index is 1080. The third kappa shape index (κ3) is 2.80. The fourth-order valence-corrected chi connectivity index (χ4v) is 3.23. The molecular weight excluding hydrogens is 324 g/mol. The van der Waals surface area contributed by atoms with Gasteiger partial charge in [-0.15, -0.1) is 0 Å². The molecule has 0 spiro atoms. The van der Waals surface area contributed by atoms with E-state index in [9.17, 15) is 0 Å². The fraction of sp³-hybridized carbons (Fsp3) is 0.136. The lowest BCUT2D eigenvalue weighted by Gasteiger charge is -2.09. The third-order valence-electron chi connectivity index (χ3n) is 4.58. The van der Waals surface area contributed by atoms with Gasteiger partial charge in [-0.05, 0) is 36.2 Å². The van der Waals surface area contributed by atoms with Crippen LogP contribution in [-0.2, 0) is 0 Å². The summed E-state index contributed by atoms with van der Waals surface area (Å²) in [7, 11) is 3.29. The second-order valence-electron chi connectivity index (χ2n) is 6.26. The molecule has 0 aliphatic carbocycles. The number of rotatable bonds is 4. The number of methoxy groups -OCH3 is 2. The maximum Gasteiger partial charge on any atom is 0.161 e. The van der Waals surface area contributed by atoms with Crippen molar-refractivity contribution in [1.82, 2.24) is 9.97 Å². The van der Waals surface area contributed by atoms with Gasteiger partial charge < -0.3 is 14.5 Å². The van der Waals surface area contributed by atoms with Gasteiger partial charge >= 0.3 is 0 Å². The number of pyridine rings is 1. The molecule has 4 aromatic rings. The predicted octanol–water partition coefficient (Wildman–Crippen LogP) is 5.22. The van der Waals surface area contributed by atoms with Crippen molar-refractivity contribution >= 4 is 11.0 Å². The molecule has 0 radical (unpaired) electrons. The minimum atomic E-state index is 0.710. The number of hydrogen-bond acceptors (Lipinski definition) is 3. The van der Waals surface area contributed by atoms with Crippen LogP contribution in [0, 0.1) is 6.92 Å². The Morgan fingerprint density at radius 1 is 0.846 bits per heavy atom. The van der Waals surface area contributed by atoms with Crippen LogP contribution in [0.4, 0.5) is 0 Å². The molecule has 0 saturated heterocycles. The normalized spacial score (nSPS) is 10.9. The number of nitrogens with one attached hydrogen (secondary N) is 1. The Morgan fingerprint density at radius 3 is 2.46 bits per heavy atom. The van der Waals surface area contributed by atoms with Gasteiger partial charge in [0.2, 0.25) is 0 Å². The first kappa shape index (κ1) is 16.2. The minimum absolute atomic E-state index is 0.710. The summed E-state index contributed by atoms with van der Waals surface area (Å²) in [6.45, 7) is 2.10. The lowest BCUT2D eigenvalue weighted by atomic mass is 10.0. The molecule has 0 fully saturated rings. The van der Waals surface area contributed by atoms with E-state index in [-0.39, 0.29) is 0 Å². The molecule has 2 heterocycles. The average molecular weight is 344 g/mol. The summed E-state index contributed by atoms with van der Waals surface area (Å²) >= 11 is 0. The lowest BCUT2D eigenvalue weighted by Crippen LogP contribution is -1.90. The number of benzene rings is 2. The van der Waals surface area contributed by atoms with Gasteiger partial charge in [0.05, 0.1) is 14.2 Å². The Morgan fingerprint density at radius 2 is 1.69 bits per heavy atom. The van der Waals surface area contributed by atoms with Crippen molar-refractivity contribution < 1.29 is 9.47 Å². The van der Waals surface area contributed by atoms with Crippen LogP contribution in [0.15, 0.2) is 60.9 Å². The number of aryl methyl sites for hydroxylation is 1. The first-order valence-electron chi connectivity index (χ1n) is 8.46. The minimum Gasteiger partial charge on any atom is -0.493 e. The molecular formula is C22H20N2O2. The third-order valence-corrected chi connectivity index (χ3v) is 4.58. The van der Waals surface area contributed by atoms with Crippen molar-refractivity contribution in [2.24, 2.45) is 0 Å². The highest BCUT2D eigenvalue weighted by Gasteiger charge is 2.12. The summed E-state index contributed by atoms with van der Waals surface area (Å²) in [6, 6.07) is 16.6. The molecule has 1 N–H and O–H groups in total. The van der Waals surface area contributed by atoms with E-state index in [1.165, 1.54) is 11.1 Å². The summed E-state index contributed by atoms with van der Waals surface area (Å²) in [5.41, 5.74) is 6.50.